The zero-order chi connectivity index (χ0) is 15.2. The maximum absolute atomic E-state index is 11.2. The van der Waals surface area contributed by atoms with Gasteiger partial charge in [0.15, 0.2) is 0 Å². The molecule has 1 aromatic heterocycles. The van der Waals surface area contributed by atoms with Crippen LogP contribution in [0.5, 0.6) is 0 Å². The lowest BCUT2D eigenvalue weighted by Gasteiger charge is -2.18. The summed E-state index contributed by atoms with van der Waals surface area (Å²) in [7, 11) is 0. The molecule has 0 bridgehead atoms. The number of nitrogens with zero attached hydrogens (tertiary/aromatic N) is 2. The van der Waals surface area contributed by atoms with Gasteiger partial charge >= 0.3 is 5.69 Å². The molecule has 1 aromatic rings. The Morgan fingerprint density at radius 3 is 2.76 bits per heavy atom. The highest BCUT2D eigenvalue weighted by Gasteiger charge is 2.26. The van der Waals surface area contributed by atoms with Crippen LogP contribution < -0.4 is 10.6 Å². The van der Waals surface area contributed by atoms with Crippen molar-refractivity contribution in [3.05, 3.63) is 22.2 Å². The number of nitrogens with one attached hydrogen (secondary N) is 2. The topological polar surface area (TPSA) is 80.1 Å². The van der Waals surface area contributed by atoms with Crippen LogP contribution in [0.1, 0.15) is 46.0 Å². The second-order valence-corrected chi connectivity index (χ2v) is 5.68. The predicted octanol–water partition coefficient (Wildman–Crippen LogP) is 3.80. The minimum atomic E-state index is -0.372. The molecule has 6 nitrogen and oxygen atoms in total. The summed E-state index contributed by atoms with van der Waals surface area (Å²) in [5, 5.41) is 17.6. The van der Waals surface area contributed by atoms with Crippen molar-refractivity contribution in [2.45, 2.75) is 52.0 Å². The number of pyridine rings is 1. The lowest BCUT2D eigenvalue weighted by molar-refractivity contribution is -0.384. The van der Waals surface area contributed by atoms with Gasteiger partial charge in [-0.05, 0) is 31.2 Å². The van der Waals surface area contributed by atoms with Crippen molar-refractivity contribution < 1.29 is 4.92 Å². The summed E-state index contributed by atoms with van der Waals surface area (Å²) in [6.07, 6.45) is 5.57. The number of rotatable bonds is 9. The molecule has 1 saturated carbocycles. The molecule has 1 fully saturated rings. The molecule has 1 aliphatic rings. The summed E-state index contributed by atoms with van der Waals surface area (Å²) in [5.74, 6) is 1.85. The Morgan fingerprint density at radius 1 is 1.43 bits per heavy atom. The summed E-state index contributed by atoms with van der Waals surface area (Å²) in [6, 6.07) is 3.45. The van der Waals surface area contributed by atoms with Crippen molar-refractivity contribution in [3.8, 4) is 0 Å². The van der Waals surface area contributed by atoms with E-state index in [-0.39, 0.29) is 16.7 Å². The molecule has 1 unspecified atom stereocenters. The fraction of sp³-hybridized carbons (Fsp3) is 0.667. The third kappa shape index (κ3) is 4.58. The highest BCUT2D eigenvalue weighted by Crippen LogP contribution is 2.35. The van der Waals surface area contributed by atoms with Crippen LogP contribution in [0, 0.1) is 16.0 Å². The summed E-state index contributed by atoms with van der Waals surface area (Å²) in [6.45, 7) is 4.98. The normalized spacial score (nSPS) is 15.5. The van der Waals surface area contributed by atoms with Gasteiger partial charge in [-0.1, -0.05) is 26.7 Å². The summed E-state index contributed by atoms with van der Waals surface area (Å²) in [5.41, 5.74) is 0.0475. The molecule has 2 N–H and O–H groups in total. The standard InChI is InChI=1S/C15H24N4O2/c1-3-9-16-14-8-7-13(19(20)21)15(18-14)17-12(4-2)10-11-5-6-11/h7-8,11-12H,3-6,9-10H2,1-2H3,(H2,16,17,18). The van der Waals surface area contributed by atoms with Crippen molar-refractivity contribution in [3.63, 3.8) is 0 Å². The summed E-state index contributed by atoms with van der Waals surface area (Å²) in [4.78, 5) is 15.2. The molecule has 0 spiro atoms. The molecule has 6 heteroatoms. The van der Waals surface area contributed by atoms with Gasteiger partial charge in [0.05, 0.1) is 4.92 Å². The van der Waals surface area contributed by atoms with E-state index in [0.29, 0.717) is 11.6 Å². The van der Waals surface area contributed by atoms with Crippen LogP contribution in [-0.4, -0.2) is 22.5 Å². The lowest BCUT2D eigenvalue weighted by atomic mass is 10.1. The number of aromatic nitrogens is 1. The molecule has 1 atom stereocenters. The van der Waals surface area contributed by atoms with Gasteiger partial charge in [-0.2, -0.15) is 0 Å². The molecule has 2 rings (SSSR count). The van der Waals surface area contributed by atoms with Crippen molar-refractivity contribution in [2.24, 2.45) is 5.92 Å². The Kier molecular flexibility index (Phi) is 5.36. The van der Waals surface area contributed by atoms with Crippen LogP contribution in [0.15, 0.2) is 12.1 Å². The molecular formula is C15H24N4O2. The average molecular weight is 292 g/mol. The first-order chi connectivity index (χ1) is 10.1. The first kappa shape index (κ1) is 15.5. The van der Waals surface area contributed by atoms with E-state index in [4.69, 9.17) is 0 Å². The van der Waals surface area contributed by atoms with E-state index in [2.05, 4.69) is 29.5 Å². The molecule has 21 heavy (non-hydrogen) atoms. The highest BCUT2D eigenvalue weighted by molar-refractivity contribution is 5.60. The SMILES string of the molecule is CCCNc1ccc([N+](=O)[O-])c(NC(CC)CC2CC2)n1. The molecule has 1 aliphatic carbocycles. The molecule has 0 radical (unpaired) electrons. The largest absolute Gasteiger partial charge is 0.370 e. The van der Waals surface area contributed by atoms with E-state index < -0.39 is 0 Å². The minimum Gasteiger partial charge on any atom is -0.370 e. The Hall–Kier alpha value is -1.85. The smallest absolute Gasteiger partial charge is 0.311 e. The molecule has 1 heterocycles. The van der Waals surface area contributed by atoms with Gasteiger partial charge in [-0.25, -0.2) is 4.98 Å². The third-order valence-electron chi connectivity index (χ3n) is 3.78. The Labute approximate surface area is 125 Å². The molecule has 0 saturated heterocycles. The third-order valence-corrected chi connectivity index (χ3v) is 3.78. The highest BCUT2D eigenvalue weighted by atomic mass is 16.6. The number of hydrogen-bond acceptors (Lipinski definition) is 5. The van der Waals surface area contributed by atoms with Gasteiger partial charge in [0.1, 0.15) is 5.82 Å². The monoisotopic (exact) mass is 292 g/mol. The van der Waals surface area contributed by atoms with Gasteiger partial charge in [0, 0.05) is 18.7 Å². The van der Waals surface area contributed by atoms with Crippen molar-refractivity contribution in [1.29, 1.82) is 0 Å². The van der Waals surface area contributed by atoms with Gasteiger partial charge in [-0.15, -0.1) is 0 Å². The number of nitro groups is 1. The van der Waals surface area contributed by atoms with E-state index in [9.17, 15) is 10.1 Å². The van der Waals surface area contributed by atoms with Gasteiger partial charge in [0.2, 0.25) is 5.82 Å². The van der Waals surface area contributed by atoms with Crippen LogP contribution in [0.2, 0.25) is 0 Å². The Balaban J connectivity index is 2.13. The number of anilines is 2. The minimum absolute atomic E-state index is 0.0475. The first-order valence-electron chi connectivity index (χ1n) is 7.79. The van der Waals surface area contributed by atoms with Crippen molar-refractivity contribution >= 4 is 17.3 Å². The second-order valence-electron chi connectivity index (χ2n) is 5.68. The van der Waals surface area contributed by atoms with Crippen LogP contribution in [0.3, 0.4) is 0 Å². The van der Waals surface area contributed by atoms with Crippen LogP contribution in [0.25, 0.3) is 0 Å². The van der Waals surface area contributed by atoms with Crippen LogP contribution in [0.4, 0.5) is 17.3 Å². The molecule has 0 aliphatic heterocycles. The fourth-order valence-corrected chi connectivity index (χ4v) is 2.33. The van der Waals surface area contributed by atoms with Gasteiger partial charge < -0.3 is 10.6 Å². The number of hydrogen-bond donors (Lipinski definition) is 2. The van der Waals surface area contributed by atoms with E-state index in [1.54, 1.807) is 6.07 Å². The quantitative estimate of drug-likeness (QED) is 0.534. The average Bonchev–Trinajstić information content (AvgIpc) is 3.28. The van der Waals surface area contributed by atoms with E-state index in [0.717, 1.165) is 31.7 Å². The zero-order valence-corrected chi connectivity index (χ0v) is 12.8. The van der Waals surface area contributed by atoms with E-state index >= 15 is 0 Å². The summed E-state index contributed by atoms with van der Waals surface area (Å²) < 4.78 is 0. The molecule has 0 amide bonds. The Morgan fingerprint density at radius 2 is 2.19 bits per heavy atom. The van der Waals surface area contributed by atoms with Gasteiger partial charge in [-0.3, -0.25) is 10.1 Å². The molecule has 116 valence electrons. The maximum atomic E-state index is 11.2. The maximum Gasteiger partial charge on any atom is 0.311 e. The Bertz CT molecular complexity index is 489. The lowest BCUT2D eigenvalue weighted by Crippen LogP contribution is -2.21. The van der Waals surface area contributed by atoms with E-state index in [1.165, 1.54) is 18.9 Å². The molecular weight excluding hydrogens is 268 g/mol. The van der Waals surface area contributed by atoms with Crippen molar-refractivity contribution in [1.82, 2.24) is 4.98 Å². The summed E-state index contributed by atoms with van der Waals surface area (Å²) >= 11 is 0. The van der Waals surface area contributed by atoms with Crippen LogP contribution >= 0.6 is 0 Å². The van der Waals surface area contributed by atoms with Crippen molar-refractivity contribution in [2.75, 3.05) is 17.2 Å². The fourth-order valence-electron chi connectivity index (χ4n) is 2.33. The predicted molar refractivity (Wildman–Crippen MR) is 84.7 cm³/mol. The molecule has 0 aromatic carbocycles. The van der Waals surface area contributed by atoms with Crippen LogP contribution in [-0.2, 0) is 0 Å². The first-order valence-corrected chi connectivity index (χ1v) is 7.79. The van der Waals surface area contributed by atoms with E-state index in [1.807, 2.05) is 0 Å². The zero-order valence-electron chi connectivity index (χ0n) is 12.8. The second kappa shape index (κ2) is 7.24. The van der Waals surface area contributed by atoms with Gasteiger partial charge in [0.25, 0.3) is 0 Å².